The van der Waals surface area contributed by atoms with Crippen LogP contribution in [0.3, 0.4) is 0 Å². The van der Waals surface area contributed by atoms with E-state index < -0.39 is 0 Å². The molecule has 13 rings (SSSR count). The number of fused-ring (bicyclic) bond motifs is 8. The van der Waals surface area contributed by atoms with Crippen molar-refractivity contribution in [2.45, 2.75) is 20.8 Å². The molecule has 13 aromatic rings. The normalized spacial score (nSPS) is 11.7. The summed E-state index contributed by atoms with van der Waals surface area (Å²) in [5.74, 6) is 0. The van der Waals surface area contributed by atoms with Crippen molar-refractivity contribution in [3.8, 4) is 22.3 Å². The fraction of sp³-hybridized carbons (Fsp3) is 0.0462. The van der Waals surface area contributed by atoms with Crippen molar-refractivity contribution in [1.29, 1.82) is 0 Å². The monoisotopic (exact) mass is 886 g/mol. The van der Waals surface area contributed by atoms with E-state index in [0.717, 1.165) is 105 Å². The quantitative estimate of drug-likeness (QED) is 0.152. The van der Waals surface area contributed by atoms with Crippen molar-refractivity contribution < 1.29 is 8.83 Å². The van der Waals surface area contributed by atoms with Gasteiger partial charge >= 0.3 is 0 Å². The fourth-order valence-electron chi connectivity index (χ4n) is 10.4. The van der Waals surface area contributed by atoms with Crippen molar-refractivity contribution in [3.63, 3.8) is 0 Å². The van der Waals surface area contributed by atoms with Gasteiger partial charge in [-0.15, -0.1) is 0 Å². The molecule has 0 N–H and O–H groups in total. The van der Waals surface area contributed by atoms with Gasteiger partial charge in [-0.1, -0.05) is 133 Å². The van der Waals surface area contributed by atoms with Crippen LogP contribution in [-0.4, -0.2) is 0 Å². The Labute approximate surface area is 400 Å². The molecule has 0 radical (unpaired) electrons. The zero-order chi connectivity index (χ0) is 46.2. The van der Waals surface area contributed by atoms with E-state index in [9.17, 15) is 0 Å². The SMILES string of the molecule is Cc1ccc(-c2ccccc2)cc1N(c1ccccc1)c1ccc2cc3c(cc2c1)oc1c(C)c2oc4cc5cc(N(c6ccccc6)c6cc(-c7ccccc7)ccc6C)ccc5cc4c2cc13. The lowest BCUT2D eigenvalue weighted by Crippen LogP contribution is -2.11. The largest absolute Gasteiger partial charge is 0.456 e. The van der Waals surface area contributed by atoms with Crippen LogP contribution in [0.15, 0.2) is 233 Å². The van der Waals surface area contributed by atoms with E-state index in [0.29, 0.717) is 0 Å². The number of nitrogens with zero attached hydrogens (tertiary/aromatic N) is 2. The molecule has 0 unspecified atom stereocenters. The summed E-state index contributed by atoms with van der Waals surface area (Å²) in [6, 6.07) is 80.7. The maximum absolute atomic E-state index is 6.82. The van der Waals surface area contributed by atoms with Gasteiger partial charge in [-0.25, -0.2) is 0 Å². The van der Waals surface area contributed by atoms with E-state index in [1.165, 1.54) is 33.4 Å². The van der Waals surface area contributed by atoms with Crippen LogP contribution < -0.4 is 9.80 Å². The van der Waals surface area contributed by atoms with E-state index in [1.54, 1.807) is 0 Å². The van der Waals surface area contributed by atoms with Crippen LogP contribution >= 0.6 is 0 Å². The molecule has 328 valence electrons. The summed E-state index contributed by atoms with van der Waals surface area (Å²) in [7, 11) is 0. The van der Waals surface area contributed by atoms with Crippen LogP contribution in [-0.2, 0) is 0 Å². The number of para-hydroxylation sites is 2. The Kier molecular flexibility index (Phi) is 9.48. The Hall–Kier alpha value is -8.86. The maximum Gasteiger partial charge on any atom is 0.142 e. The molecule has 2 aromatic heterocycles. The van der Waals surface area contributed by atoms with Crippen LogP contribution in [0, 0.1) is 20.8 Å². The second kappa shape index (κ2) is 16.2. The third kappa shape index (κ3) is 6.91. The molecule has 0 saturated carbocycles. The average molecular weight is 887 g/mol. The Bertz CT molecular complexity index is 3830. The van der Waals surface area contributed by atoms with E-state index in [2.05, 4.69) is 255 Å². The zero-order valence-corrected chi connectivity index (χ0v) is 38.6. The standard InChI is InChI=1S/C65H46N2O2/c1-41-24-26-48(44-16-8-4-9-17-44)36-60(41)66(52-20-12-6-13-21-52)54-30-28-46-34-56-58-40-59-57-35-47-29-31-55(33-51(47)39-63(57)69-65(59)43(3)64(58)68-62(56)38-50(46)32-54)67(53-22-14-7-15-23-53)61-37-49(27-25-42(61)2)45-18-10-5-11-19-45/h4-40H,1-3H3. The van der Waals surface area contributed by atoms with Crippen LogP contribution in [0.5, 0.6) is 0 Å². The van der Waals surface area contributed by atoms with E-state index in [1.807, 2.05) is 0 Å². The van der Waals surface area contributed by atoms with Crippen molar-refractivity contribution in [1.82, 2.24) is 0 Å². The first kappa shape index (κ1) is 40.4. The molecular weight excluding hydrogens is 841 g/mol. The minimum Gasteiger partial charge on any atom is -0.456 e. The smallest absolute Gasteiger partial charge is 0.142 e. The number of hydrogen-bond donors (Lipinski definition) is 0. The number of aryl methyl sites for hydroxylation is 3. The van der Waals surface area contributed by atoms with Gasteiger partial charge in [0.15, 0.2) is 0 Å². The minimum absolute atomic E-state index is 0.852. The van der Waals surface area contributed by atoms with E-state index in [-0.39, 0.29) is 0 Å². The van der Waals surface area contributed by atoms with Gasteiger partial charge < -0.3 is 18.6 Å². The summed E-state index contributed by atoms with van der Waals surface area (Å²) in [6.07, 6.45) is 0. The molecular formula is C65H46N2O2. The first-order valence-corrected chi connectivity index (χ1v) is 23.6. The summed E-state index contributed by atoms with van der Waals surface area (Å²) in [5, 5.41) is 8.89. The Morgan fingerprint density at radius 3 is 1.12 bits per heavy atom. The number of anilines is 6. The van der Waals surface area contributed by atoms with Crippen LogP contribution in [0.1, 0.15) is 16.7 Å². The third-order valence-electron chi connectivity index (χ3n) is 14.0. The van der Waals surface area contributed by atoms with Crippen molar-refractivity contribution in [3.05, 3.63) is 241 Å². The van der Waals surface area contributed by atoms with Gasteiger partial charge in [-0.3, -0.25) is 0 Å². The fourth-order valence-corrected chi connectivity index (χ4v) is 10.4. The Morgan fingerprint density at radius 2 is 0.696 bits per heavy atom. The van der Waals surface area contributed by atoms with Gasteiger partial charge in [0.05, 0.1) is 0 Å². The summed E-state index contributed by atoms with van der Waals surface area (Å²) < 4.78 is 13.6. The first-order valence-electron chi connectivity index (χ1n) is 23.6. The van der Waals surface area contributed by atoms with Crippen LogP contribution in [0.25, 0.3) is 87.7 Å². The van der Waals surface area contributed by atoms with Gasteiger partial charge in [0, 0.05) is 61.2 Å². The highest BCUT2D eigenvalue weighted by molar-refractivity contribution is 6.20. The van der Waals surface area contributed by atoms with Gasteiger partial charge in [-0.2, -0.15) is 0 Å². The number of benzene rings is 11. The second-order valence-electron chi connectivity index (χ2n) is 18.3. The maximum atomic E-state index is 6.82. The number of furan rings is 2. The van der Waals surface area contributed by atoms with Gasteiger partial charge in [0.2, 0.25) is 0 Å². The Balaban J connectivity index is 0.906. The highest BCUT2D eigenvalue weighted by Crippen LogP contribution is 2.45. The Morgan fingerprint density at radius 1 is 0.290 bits per heavy atom. The lowest BCUT2D eigenvalue weighted by Gasteiger charge is -2.28. The topological polar surface area (TPSA) is 32.8 Å². The predicted octanol–water partition coefficient (Wildman–Crippen LogP) is 19.0. The van der Waals surface area contributed by atoms with Crippen LogP contribution in [0.2, 0.25) is 0 Å². The van der Waals surface area contributed by atoms with Gasteiger partial charge in [-0.05, 0) is 167 Å². The lowest BCUT2D eigenvalue weighted by atomic mass is 9.99. The zero-order valence-electron chi connectivity index (χ0n) is 38.6. The van der Waals surface area contributed by atoms with Gasteiger partial charge in [0.25, 0.3) is 0 Å². The molecule has 4 heteroatoms. The molecule has 69 heavy (non-hydrogen) atoms. The summed E-state index contributed by atoms with van der Waals surface area (Å²) in [4.78, 5) is 4.73. The molecule has 11 aromatic carbocycles. The molecule has 0 aliphatic rings. The lowest BCUT2D eigenvalue weighted by molar-refractivity contribution is 0.651. The average Bonchev–Trinajstić information content (AvgIpc) is 3.94. The predicted molar refractivity (Wildman–Crippen MR) is 290 cm³/mol. The molecule has 0 amide bonds. The molecule has 0 aliphatic heterocycles. The second-order valence-corrected chi connectivity index (χ2v) is 18.3. The summed E-state index contributed by atoms with van der Waals surface area (Å²) in [6.45, 7) is 6.50. The first-order chi connectivity index (χ1) is 33.9. The van der Waals surface area contributed by atoms with Crippen LogP contribution in [0.4, 0.5) is 34.1 Å². The van der Waals surface area contributed by atoms with Gasteiger partial charge in [0.1, 0.15) is 22.3 Å². The van der Waals surface area contributed by atoms with Crippen molar-refractivity contribution in [2.24, 2.45) is 0 Å². The number of rotatable bonds is 8. The number of hydrogen-bond acceptors (Lipinski definition) is 4. The molecule has 0 spiro atoms. The highest BCUT2D eigenvalue weighted by Gasteiger charge is 2.22. The molecule has 4 nitrogen and oxygen atoms in total. The minimum atomic E-state index is 0.852. The highest BCUT2D eigenvalue weighted by atomic mass is 16.3. The molecule has 0 saturated heterocycles. The molecule has 0 aliphatic carbocycles. The van der Waals surface area contributed by atoms with E-state index >= 15 is 0 Å². The van der Waals surface area contributed by atoms with Crippen molar-refractivity contribution in [2.75, 3.05) is 9.80 Å². The molecule has 0 atom stereocenters. The summed E-state index contributed by atoms with van der Waals surface area (Å²) in [5.41, 5.74) is 18.2. The molecule has 0 bridgehead atoms. The third-order valence-corrected chi connectivity index (χ3v) is 14.0. The van der Waals surface area contributed by atoms with Crippen molar-refractivity contribution >= 4 is 99.5 Å². The summed E-state index contributed by atoms with van der Waals surface area (Å²) >= 11 is 0. The van der Waals surface area contributed by atoms with E-state index in [4.69, 9.17) is 8.83 Å². The molecule has 2 heterocycles. The molecule has 0 fully saturated rings.